The fourth-order valence-electron chi connectivity index (χ4n) is 3.69. The van der Waals surface area contributed by atoms with E-state index in [9.17, 15) is 18.5 Å². The Morgan fingerprint density at radius 2 is 1.90 bits per heavy atom. The van der Waals surface area contributed by atoms with Crippen molar-refractivity contribution in [3.63, 3.8) is 0 Å². The van der Waals surface area contributed by atoms with Gasteiger partial charge in [-0.2, -0.15) is 9.57 Å². The van der Waals surface area contributed by atoms with E-state index in [1.165, 1.54) is 23.5 Å². The molecule has 0 aliphatic carbocycles. The Labute approximate surface area is 180 Å². The molecule has 0 radical (unpaired) electrons. The molecule has 2 aromatic heterocycles. The zero-order chi connectivity index (χ0) is 22.0. The maximum absolute atomic E-state index is 13.0. The minimum absolute atomic E-state index is 0.0432. The summed E-state index contributed by atoms with van der Waals surface area (Å²) in [7, 11) is -2.40. The summed E-state index contributed by atoms with van der Waals surface area (Å²) in [4.78, 5) is 18.7. The van der Waals surface area contributed by atoms with Crippen LogP contribution >= 0.6 is 0 Å². The van der Waals surface area contributed by atoms with E-state index in [0.717, 1.165) is 5.69 Å². The predicted molar refractivity (Wildman–Crippen MR) is 112 cm³/mol. The summed E-state index contributed by atoms with van der Waals surface area (Å²) in [6.07, 6.45) is 3.67. The molecule has 31 heavy (non-hydrogen) atoms. The van der Waals surface area contributed by atoms with Crippen molar-refractivity contribution in [2.24, 2.45) is 0 Å². The van der Waals surface area contributed by atoms with Crippen LogP contribution in [-0.4, -0.2) is 66.3 Å². The van der Waals surface area contributed by atoms with Gasteiger partial charge in [0, 0.05) is 45.1 Å². The summed E-state index contributed by atoms with van der Waals surface area (Å²) < 4.78 is 34.0. The molecule has 1 aromatic carbocycles. The zero-order valence-corrected chi connectivity index (χ0v) is 17.7. The molecule has 0 bridgehead atoms. The number of sulfonamides is 1. The minimum Gasteiger partial charge on any atom is -0.465 e. The van der Waals surface area contributed by atoms with Gasteiger partial charge < -0.3 is 9.14 Å². The van der Waals surface area contributed by atoms with E-state index in [0.29, 0.717) is 43.9 Å². The standard InChI is InChI=1S/C21H21N5O4S/c1-30-21(27)18-6-4-8-25-15-17(23-20(18)25)14-24-9-11-26(12-10-24)31(28,29)19-7-3-2-5-16(19)13-22/h2-8,15H,9-12,14H2,1H3. The predicted octanol–water partition coefficient (Wildman–Crippen LogP) is 1.50. The second kappa shape index (κ2) is 8.47. The van der Waals surface area contributed by atoms with Gasteiger partial charge in [-0.3, -0.25) is 4.90 Å². The number of imidazole rings is 1. The maximum Gasteiger partial charge on any atom is 0.341 e. The first-order valence-corrected chi connectivity index (χ1v) is 11.1. The average molecular weight is 439 g/mol. The molecule has 3 heterocycles. The number of methoxy groups -OCH3 is 1. The number of fused-ring (bicyclic) bond motifs is 1. The molecule has 10 heteroatoms. The second-order valence-electron chi connectivity index (χ2n) is 7.16. The van der Waals surface area contributed by atoms with Crippen LogP contribution in [0.25, 0.3) is 5.65 Å². The molecule has 0 N–H and O–H groups in total. The molecule has 0 atom stereocenters. The highest BCUT2D eigenvalue weighted by atomic mass is 32.2. The van der Waals surface area contributed by atoms with Gasteiger partial charge in [-0.15, -0.1) is 0 Å². The van der Waals surface area contributed by atoms with Crippen molar-refractivity contribution in [2.75, 3.05) is 33.3 Å². The summed E-state index contributed by atoms with van der Waals surface area (Å²) >= 11 is 0. The van der Waals surface area contributed by atoms with E-state index < -0.39 is 16.0 Å². The third-order valence-corrected chi connectivity index (χ3v) is 7.24. The topological polar surface area (TPSA) is 108 Å². The monoisotopic (exact) mass is 439 g/mol. The first-order chi connectivity index (χ1) is 14.9. The first-order valence-electron chi connectivity index (χ1n) is 9.70. The van der Waals surface area contributed by atoms with E-state index in [1.54, 1.807) is 28.7 Å². The number of benzene rings is 1. The Morgan fingerprint density at radius 1 is 1.16 bits per heavy atom. The summed E-state index contributed by atoms with van der Waals surface area (Å²) in [5.41, 5.74) is 1.85. The van der Waals surface area contributed by atoms with Gasteiger partial charge in [0.1, 0.15) is 11.6 Å². The van der Waals surface area contributed by atoms with Crippen LogP contribution in [0.2, 0.25) is 0 Å². The van der Waals surface area contributed by atoms with Crippen LogP contribution in [-0.2, 0) is 21.3 Å². The number of nitrogens with zero attached hydrogens (tertiary/aromatic N) is 5. The van der Waals surface area contributed by atoms with Crippen LogP contribution in [0.5, 0.6) is 0 Å². The summed E-state index contributed by atoms with van der Waals surface area (Å²) in [5.74, 6) is -0.445. The highest BCUT2D eigenvalue weighted by Crippen LogP contribution is 2.22. The SMILES string of the molecule is COC(=O)c1cccn2cc(CN3CCN(S(=O)(=O)c4ccccc4C#N)CC3)nc12. The smallest absolute Gasteiger partial charge is 0.341 e. The minimum atomic E-state index is -3.73. The van der Waals surface area contributed by atoms with Crippen molar-refractivity contribution in [1.82, 2.24) is 18.6 Å². The van der Waals surface area contributed by atoms with Crippen molar-refractivity contribution < 1.29 is 17.9 Å². The number of carbonyl (C=O) groups is 1. The van der Waals surface area contributed by atoms with Crippen molar-refractivity contribution in [1.29, 1.82) is 5.26 Å². The number of carbonyl (C=O) groups excluding carboxylic acids is 1. The number of aromatic nitrogens is 2. The molecule has 0 amide bonds. The lowest BCUT2D eigenvalue weighted by Crippen LogP contribution is -2.48. The van der Waals surface area contributed by atoms with Gasteiger partial charge in [-0.05, 0) is 24.3 Å². The molecule has 0 saturated carbocycles. The van der Waals surface area contributed by atoms with Crippen LogP contribution < -0.4 is 0 Å². The summed E-state index contributed by atoms with van der Waals surface area (Å²) in [6.45, 7) is 2.24. The Hall–Kier alpha value is -3.26. The van der Waals surface area contributed by atoms with Crippen molar-refractivity contribution in [3.8, 4) is 6.07 Å². The molecule has 1 aliphatic rings. The van der Waals surface area contributed by atoms with Gasteiger partial charge in [0.2, 0.25) is 10.0 Å². The van der Waals surface area contributed by atoms with Crippen LogP contribution in [0.15, 0.2) is 53.7 Å². The molecule has 1 saturated heterocycles. The van der Waals surface area contributed by atoms with Gasteiger partial charge in [0.15, 0.2) is 5.65 Å². The van der Waals surface area contributed by atoms with E-state index in [4.69, 9.17) is 4.74 Å². The number of piperazine rings is 1. The second-order valence-corrected chi connectivity index (χ2v) is 9.07. The Balaban J connectivity index is 1.46. The summed E-state index contributed by atoms with van der Waals surface area (Å²) in [6, 6.07) is 11.6. The van der Waals surface area contributed by atoms with Gasteiger partial charge in [0.05, 0.1) is 23.3 Å². The summed E-state index contributed by atoms with van der Waals surface area (Å²) in [5, 5.41) is 9.24. The van der Waals surface area contributed by atoms with Crippen LogP contribution in [0.1, 0.15) is 21.6 Å². The highest BCUT2D eigenvalue weighted by Gasteiger charge is 2.30. The molecule has 160 valence electrons. The number of esters is 1. The molecule has 0 unspecified atom stereocenters. The molecule has 0 spiro atoms. The van der Waals surface area contributed by atoms with Crippen molar-refractivity contribution in [3.05, 3.63) is 65.6 Å². The van der Waals surface area contributed by atoms with Crippen LogP contribution in [0, 0.1) is 11.3 Å². The van der Waals surface area contributed by atoms with Crippen molar-refractivity contribution in [2.45, 2.75) is 11.4 Å². The van der Waals surface area contributed by atoms with E-state index in [1.807, 2.05) is 18.5 Å². The van der Waals surface area contributed by atoms with Gasteiger partial charge in [-0.1, -0.05) is 12.1 Å². The van der Waals surface area contributed by atoms with Gasteiger partial charge in [0.25, 0.3) is 0 Å². The lowest BCUT2D eigenvalue weighted by atomic mass is 10.2. The first kappa shape index (κ1) is 21.0. The number of nitriles is 1. The molecule has 1 aliphatic heterocycles. The van der Waals surface area contributed by atoms with E-state index >= 15 is 0 Å². The average Bonchev–Trinajstić information content (AvgIpc) is 3.21. The van der Waals surface area contributed by atoms with E-state index in [-0.39, 0.29) is 10.5 Å². The van der Waals surface area contributed by atoms with Crippen LogP contribution in [0.4, 0.5) is 0 Å². The largest absolute Gasteiger partial charge is 0.465 e. The third-order valence-electron chi connectivity index (χ3n) is 5.28. The number of hydrogen-bond donors (Lipinski definition) is 0. The Kier molecular flexibility index (Phi) is 5.73. The lowest BCUT2D eigenvalue weighted by Gasteiger charge is -2.33. The molecular formula is C21H21N5O4S. The van der Waals surface area contributed by atoms with Crippen molar-refractivity contribution >= 4 is 21.6 Å². The lowest BCUT2D eigenvalue weighted by molar-refractivity contribution is 0.0602. The number of ether oxygens (including phenoxy) is 1. The quantitative estimate of drug-likeness (QED) is 0.554. The fourth-order valence-corrected chi connectivity index (χ4v) is 5.25. The zero-order valence-electron chi connectivity index (χ0n) is 16.9. The normalized spacial score (nSPS) is 15.6. The van der Waals surface area contributed by atoms with Gasteiger partial charge in [-0.25, -0.2) is 18.2 Å². The number of pyridine rings is 1. The molecule has 1 fully saturated rings. The molecule has 9 nitrogen and oxygen atoms in total. The maximum atomic E-state index is 13.0. The fraction of sp³-hybridized carbons (Fsp3) is 0.286. The number of rotatable bonds is 5. The third kappa shape index (κ3) is 4.03. The van der Waals surface area contributed by atoms with E-state index in [2.05, 4.69) is 9.88 Å². The van der Waals surface area contributed by atoms with Crippen LogP contribution in [0.3, 0.4) is 0 Å². The highest BCUT2D eigenvalue weighted by molar-refractivity contribution is 7.89. The molecule has 4 rings (SSSR count). The molecule has 3 aromatic rings. The number of hydrogen-bond acceptors (Lipinski definition) is 7. The molecular weight excluding hydrogens is 418 g/mol. The van der Waals surface area contributed by atoms with Gasteiger partial charge >= 0.3 is 5.97 Å². The Morgan fingerprint density at radius 3 is 2.61 bits per heavy atom. The Bertz CT molecular complexity index is 1270.